The topological polar surface area (TPSA) is 9.23 Å². The molecule has 0 aromatic heterocycles. The lowest BCUT2D eigenvalue weighted by Crippen LogP contribution is -2.00. The Bertz CT molecular complexity index is 302. The molecule has 0 aliphatic heterocycles. The Morgan fingerprint density at radius 1 is 1.40 bits per heavy atom. The van der Waals surface area contributed by atoms with E-state index in [2.05, 4.69) is 35.8 Å². The Balaban J connectivity index is 2.31. The lowest BCUT2D eigenvalue weighted by atomic mass is 10.2. The molecule has 15 heavy (non-hydrogen) atoms. The maximum atomic E-state index is 5.70. The average Bonchev–Trinajstić information content (AvgIpc) is 2.20. The van der Waals surface area contributed by atoms with Gasteiger partial charge in [0.1, 0.15) is 5.75 Å². The summed E-state index contributed by atoms with van der Waals surface area (Å²) in [5.41, 5.74) is 1.19. The summed E-state index contributed by atoms with van der Waals surface area (Å²) >= 11 is 5.40. The zero-order chi connectivity index (χ0) is 11.1. The Morgan fingerprint density at radius 3 is 2.87 bits per heavy atom. The van der Waals surface area contributed by atoms with Crippen molar-refractivity contribution >= 4 is 27.7 Å². The summed E-state index contributed by atoms with van der Waals surface area (Å²) in [5, 5.41) is 0. The smallest absolute Gasteiger partial charge is 0.122 e. The van der Waals surface area contributed by atoms with E-state index >= 15 is 0 Å². The van der Waals surface area contributed by atoms with Gasteiger partial charge in [0.15, 0.2) is 0 Å². The number of rotatable bonds is 6. The third kappa shape index (κ3) is 4.94. The molecule has 0 aliphatic rings. The van der Waals surface area contributed by atoms with Gasteiger partial charge < -0.3 is 4.74 Å². The molecule has 0 amide bonds. The highest BCUT2D eigenvalue weighted by Gasteiger charge is 1.99. The molecule has 1 aromatic carbocycles. The van der Waals surface area contributed by atoms with Crippen molar-refractivity contribution in [3.05, 3.63) is 28.2 Å². The molecule has 0 saturated heterocycles. The first-order valence-corrected chi connectivity index (χ1v) is 7.15. The number of ether oxygens (including phenoxy) is 1. The summed E-state index contributed by atoms with van der Waals surface area (Å²) in [6, 6.07) is 6.12. The molecule has 0 spiro atoms. The SMILES string of the molecule is CCSCCCOc1ccc(Br)cc1C. The molecular formula is C12H17BrOS. The summed E-state index contributed by atoms with van der Waals surface area (Å²) < 4.78 is 6.81. The van der Waals surface area contributed by atoms with Crippen molar-refractivity contribution in [1.29, 1.82) is 0 Å². The van der Waals surface area contributed by atoms with Crippen LogP contribution in [0.4, 0.5) is 0 Å². The minimum absolute atomic E-state index is 0.815. The molecule has 0 unspecified atom stereocenters. The first kappa shape index (κ1) is 12.9. The molecule has 0 heterocycles. The molecule has 3 heteroatoms. The number of hydrogen-bond acceptors (Lipinski definition) is 2. The third-order valence-electron chi connectivity index (χ3n) is 2.03. The van der Waals surface area contributed by atoms with Gasteiger partial charge in [-0.3, -0.25) is 0 Å². The van der Waals surface area contributed by atoms with Crippen LogP contribution in [0.3, 0.4) is 0 Å². The van der Waals surface area contributed by atoms with Gasteiger partial charge in [-0.25, -0.2) is 0 Å². The molecule has 0 aliphatic carbocycles. The lowest BCUT2D eigenvalue weighted by Gasteiger charge is -2.08. The molecule has 0 bridgehead atoms. The summed E-state index contributed by atoms with van der Waals surface area (Å²) in [4.78, 5) is 0. The fourth-order valence-corrected chi connectivity index (χ4v) is 2.35. The predicted molar refractivity (Wildman–Crippen MR) is 72.0 cm³/mol. The van der Waals surface area contributed by atoms with Gasteiger partial charge >= 0.3 is 0 Å². The third-order valence-corrected chi connectivity index (χ3v) is 3.51. The van der Waals surface area contributed by atoms with E-state index in [-0.39, 0.29) is 0 Å². The summed E-state index contributed by atoms with van der Waals surface area (Å²) in [6.07, 6.45) is 1.12. The highest BCUT2D eigenvalue weighted by molar-refractivity contribution is 9.10. The number of hydrogen-bond donors (Lipinski definition) is 0. The summed E-state index contributed by atoms with van der Waals surface area (Å²) in [7, 11) is 0. The van der Waals surface area contributed by atoms with E-state index in [0.717, 1.165) is 23.2 Å². The van der Waals surface area contributed by atoms with Gasteiger partial charge in [0, 0.05) is 4.47 Å². The number of aryl methyl sites for hydroxylation is 1. The van der Waals surface area contributed by atoms with Crippen LogP contribution in [0.25, 0.3) is 0 Å². The largest absolute Gasteiger partial charge is 0.493 e. The fraction of sp³-hybridized carbons (Fsp3) is 0.500. The van der Waals surface area contributed by atoms with Crippen molar-refractivity contribution in [2.45, 2.75) is 20.3 Å². The van der Waals surface area contributed by atoms with Crippen LogP contribution < -0.4 is 4.74 Å². The van der Waals surface area contributed by atoms with Gasteiger partial charge in [-0.15, -0.1) is 0 Å². The Morgan fingerprint density at radius 2 is 2.20 bits per heavy atom. The van der Waals surface area contributed by atoms with Gasteiger partial charge in [0.05, 0.1) is 6.61 Å². The van der Waals surface area contributed by atoms with Crippen LogP contribution >= 0.6 is 27.7 Å². The normalized spacial score (nSPS) is 10.3. The zero-order valence-electron chi connectivity index (χ0n) is 9.25. The molecule has 84 valence electrons. The number of halogens is 1. The molecule has 1 rings (SSSR count). The zero-order valence-corrected chi connectivity index (χ0v) is 11.7. The second-order valence-corrected chi connectivity index (χ2v) is 5.62. The first-order chi connectivity index (χ1) is 7.24. The highest BCUT2D eigenvalue weighted by Crippen LogP contribution is 2.22. The maximum absolute atomic E-state index is 5.70. The second-order valence-electron chi connectivity index (χ2n) is 3.31. The second kappa shape index (κ2) is 7.18. The first-order valence-electron chi connectivity index (χ1n) is 5.20. The van der Waals surface area contributed by atoms with Crippen LogP contribution in [0.5, 0.6) is 5.75 Å². The predicted octanol–water partition coefficient (Wildman–Crippen LogP) is 4.28. The van der Waals surface area contributed by atoms with Crippen LogP contribution in [-0.4, -0.2) is 18.1 Å². The fourth-order valence-electron chi connectivity index (χ4n) is 1.26. The van der Waals surface area contributed by atoms with E-state index < -0.39 is 0 Å². The van der Waals surface area contributed by atoms with E-state index in [1.807, 2.05) is 23.9 Å². The molecular weight excluding hydrogens is 272 g/mol. The minimum atomic E-state index is 0.815. The van der Waals surface area contributed by atoms with Crippen LogP contribution in [0.2, 0.25) is 0 Å². The van der Waals surface area contributed by atoms with E-state index in [1.54, 1.807) is 0 Å². The Labute approximate surface area is 105 Å². The van der Waals surface area contributed by atoms with Crippen LogP contribution in [0, 0.1) is 6.92 Å². The van der Waals surface area contributed by atoms with Crippen LogP contribution in [0.15, 0.2) is 22.7 Å². The number of thioether (sulfide) groups is 1. The van der Waals surface area contributed by atoms with Gasteiger partial charge in [0.25, 0.3) is 0 Å². The van der Waals surface area contributed by atoms with Crippen molar-refractivity contribution < 1.29 is 4.74 Å². The number of benzene rings is 1. The van der Waals surface area contributed by atoms with Crippen molar-refractivity contribution in [3.63, 3.8) is 0 Å². The molecule has 0 radical (unpaired) electrons. The quantitative estimate of drug-likeness (QED) is 0.723. The Hall–Kier alpha value is -0.150. The van der Waals surface area contributed by atoms with Gasteiger partial charge in [-0.2, -0.15) is 11.8 Å². The van der Waals surface area contributed by atoms with Gasteiger partial charge in [0.2, 0.25) is 0 Å². The molecule has 0 fully saturated rings. The lowest BCUT2D eigenvalue weighted by molar-refractivity contribution is 0.316. The van der Waals surface area contributed by atoms with Crippen molar-refractivity contribution in [2.24, 2.45) is 0 Å². The van der Waals surface area contributed by atoms with E-state index in [1.165, 1.54) is 17.1 Å². The highest BCUT2D eigenvalue weighted by atomic mass is 79.9. The monoisotopic (exact) mass is 288 g/mol. The molecule has 0 atom stereocenters. The Kier molecular flexibility index (Phi) is 6.18. The minimum Gasteiger partial charge on any atom is -0.493 e. The van der Waals surface area contributed by atoms with E-state index in [4.69, 9.17) is 4.74 Å². The van der Waals surface area contributed by atoms with E-state index in [0.29, 0.717) is 0 Å². The average molecular weight is 289 g/mol. The summed E-state index contributed by atoms with van der Waals surface area (Å²) in [5.74, 6) is 3.38. The van der Waals surface area contributed by atoms with Crippen molar-refractivity contribution in [3.8, 4) is 5.75 Å². The molecule has 1 nitrogen and oxygen atoms in total. The summed E-state index contributed by atoms with van der Waals surface area (Å²) in [6.45, 7) is 5.07. The maximum Gasteiger partial charge on any atom is 0.122 e. The molecule has 0 saturated carbocycles. The van der Waals surface area contributed by atoms with Gasteiger partial charge in [-0.1, -0.05) is 22.9 Å². The molecule has 0 N–H and O–H groups in total. The van der Waals surface area contributed by atoms with Crippen LogP contribution in [-0.2, 0) is 0 Å². The van der Waals surface area contributed by atoms with Crippen LogP contribution in [0.1, 0.15) is 18.9 Å². The molecule has 1 aromatic rings. The van der Waals surface area contributed by atoms with Gasteiger partial charge in [-0.05, 0) is 48.6 Å². The van der Waals surface area contributed by atoms with E-state index in [9.17, 15) is 0 Å². The standard InChI is InChI=1S/C12H17BrOS/c1-3-15-8-4-7-14-12-6-5-11(13)9-10(12)2/h5-6,9H,3-4,7-8H2,1-2H3. The van der Waals surface area contributed by atoms with Crippen molar-refractivity contribution in [1.82, 2.24) is 0 Å². The van der Waals surface area contributed by atoms with Crippen molar-refractivity contribution in [2.75, 3.05) is 18.1 Å².